The predicted molar refractivity (Wildman–Crippen MR) is 115 cm³/mol. The van der Waals surface area contributed by atoms with Crippen molar-refractivity contribution < 1.29 is 18.1 Å². The molecule has 164 valence electrons. The summed E-state index contributed by atoms with van der Waals surface area (Å²) in [5, 5.41) is 23.9. The minimum Gasteiger partial charge on any atom is -0.475 e. The van der Waals surface area contributed by atoms with Gasteiger partial charge in [-0.15, -0.1) is 15.3 Å². The summed E-state index contributed by atoms with van der Waals surface area (Å²) < 4.78 is 34.1. The number of rotatable bonds is 8. The highest BCUT2D eigenvalue weighted by Gasteiger charge is 2.17. The number of aromatic nitrogens is 4. The van der Waals surface area contributed by atoms with Crippen molar-refractivity contribution in [1.82, 2.24) is 24.5 Å². The molecule has 0 aliphatic heterocycles. The van der Waals surface area contributed by atoms with E-state index in [-0.39, 0.29) is 29.6 Å². The SMILES string of the molecule is O=[N+]([O-])c1cccc(S(=O)(=O)NCCOc2ccc3nnc(-c4ccccc4Cl)n3n2)c1. The Balaban J connectivity index is 1.44. The lowest BCUT2D eigenvalue weighted by Gasteiger charge is -2.08. The van der Waals surface area contributed by atoms with Gasteiger partial charge >= 0.3 is 0 Å². The van der Waals surface area contributed by atoms with Gasteiger partial charge in [0.25, 0.3) is 5.69 Å². The van der Waals surface area contributed by atoms with Crippen LogP contribution in [0.1, 0.15) is 0 Å². The molecular formula is C19H15ClN6O5S. The number of hydrogen-bond donors (Lipinski definition) is 1. The van der Waals surface area contributed by atoms with Gasteiger partial charge in [-0.25, -0.2) is 13.1 Å². The van der Waals surface area contributed by atoms with Crippen molar-refractivity contribution in [3.63, 3.8) is 0 Å². The molecule has 0 aliphatic carbocycles. The summed E-state index contributed by atoms with van der Waals surface area (Å²) in [7, 11) is -3.94. The maximum Gasteiger partial charge on any atom is 0.270 e. The number of nitrogens with zero attached hydrogens (tertiary/aromatic N) is 5. The second-order valence-electron chi connectivity index (χ2n) is 6.45. The monoisotopic (exact) mass is 474 g/mol. The van der Waals surface area contributed by atoms with Crippen molar-refractivity contribution in [3.05, 3.63) is 75.8 Å². The van der Waals surface area contributed by atoms with Crippen molar-refractivity contribution >= 4 is 33.0 Å². The summed E-state index contributed by atoms with van der Waals surface area (Å²) in [5.41, 5.74) is 0.819. The van der Waals surface area contributed by atoms with Crippen LogP contribution in [0.25, 0.3) is 17.0 Å². The molecule has 11 nitrogen and oxygen atoms in total. The highest BCUT2D eigenvalue weighted by molar-refractivity contribution is 7.89. The quantitative estimate of drug-likeness (QED) is 0.233. The zero-order valence-corrected chi connectivity index (χ0v) is 17.8. The van der Waals surface area contributed by atoms with E-state index in [1.165, 1.54) is 22.7 Å². The number of ether oxygens (including phenoxy) is 1. The number of non-ortho nitro benzene ring substituents is 1. The molecule has 32 heavy (non-hydrogen) atoms. The Bertz CT molecular complexity index is 1410. The molecule has 2 aromatic heterocycles. The van der Waals surface area contributed by atoms with Gasteiger partial charge in [-0.1, -0.05) is 29.8 Å². The first kappa shape index (κ1) is 21.6. The van der Waals surface area contributed by atoms with E-state index in [9.17, 15) is 18.5 Å². The normalized spacial score (nSPS) is 11.5. The van der Waals surface area contributed by atoms with Gasteiger partial charge in [0, 0.05) is 30.3 Å². The van der Waals surface area contributed by atoms with Crippen molar-refractivity contribution in [2.45, 2.75) is 4.90 Å². The first-order valence-electron chi connectivity index (χ1n) is 9.19. The average Bonchev–Trinajstić information content (AvgIpc) is 3.20. The fraction of sp³-hybridized carbons (Fsp3) is 0.105. The topological polar surface area (TPSA) is 142 Å². The van der Waals surface area contributed by atoms with Gasteiger partial charge in [-0.2, -0.15) is 4.52 Å². The van der Waals surface area contributed by atoms with Crippen LogP contribution in [0.15, 0.2) is 65.6 Å². The largest absolute Gasteiger partial charge is 0.475 e. The van der Waals surface area contributed by atoms with Gasteiger partial charge < -0.3 is 4.74 Å². The lowest BCUT2D eigenvalue weighted by Crippen LogP contribution is -2.28. The zero-order valence-electron chi connectivity index (χ0n) is 16.3. The van der Waals surface area contributed by atoms with Crippen molar-refractivity contribution in [3.8, 4) is 17.3 Å². The average molecular weight is 475 g/mol. The lowest BCUT2D eigenvalue weighted by molar-refractivity contribution is -0.385. The molecule has 4 aromatic rings. The Labute approximate surface area is 186 Å². The molecule has 0 amide bonds. The molecule has 0 saturated carbocycles. The van der Waals surface area contributed by atoms with E-state index in [0.29, 0.717) is 22.1 Å². The van der Waals surface area contributed by atoms with Gasteiger partial charge in [-0.05, 0) is 24.3 Å². The number of fused-ring (bicyclic) bond motifs is 1. The number of sulfonamides is 1. The van der Waals surface area contributed by atoms with Gasteiger partial charge in [0.15, 0.2) is 11.5 Å². The van der Waals surface area contributed by atoms with E-state index in [0.717, 1.165) is 6.07 Å². The number of nitro benzene ring substituents is 1. The third kappa shape index (κ3) is 4.51. The molecule has 0 spiro atoms. The predicted octanol–water partition coefficient (Wildman–Crippen LogP) is 2.71. The third-order valence-corrected chi connectivity index (χ3v) is 6.12. The minimum atomic E-state index is -3.94. The van der Waals surface area contributed by atoms with Crippen LogP contribution < -0.4 is 9.46 Å². The molecule has 13 heteroatoms. The lowest BCUT2D eigenvalue weighted by atomic mass is 10.2. The highest BCUT2D eigenvalue weighted by Crippen LogP contribution is 2.26. The van der Waals surface area contributed by atoms with E-state index in [1.807, 2.05) is 6.07 Å². The van der Waals surface area contributed by atoms with E-state index in [4.69, 9.17) is 16.3 Å². The smallest absolute Gasteiger partial charge is 0.270 e. The Morgan fingerprint density at radius 1 is 1.09 bits per heavy atom. The molecule has 0 fully saturated rings. The van der Waals surface area contributed by atoms with E-state index in [2.05, 4.69) is 20.0 Å². The van der Waals surface area contributed by atoms with Crippen molar-refractivity contribution in [2.75, 3.05) is 13.2 Å². The third-order valence-electron chi connectivity index (χ3n) is 4.34. The van der Waals surface area contributed by atoms with Crippen molar-refractivity contribution in [1.29, 1.82) is 0 Å². The molecule has 1 N–H and O–H groups in total. The number of nitro groups is 1. The fourth-order valence-corrected chi connectivity index (χ4v) is 4.11. The molecule has 0 radical (unpaired) electrons. The zero-order chi connectivity index (χ0) is 22.7. The summed E-state index contributed by atoms with van der Waals surface area (Å²) in [6, 6.07) is 15.1. The number of hydrogen-bond acceptors (Lipinski definition) is 8. The van der Waals surface area contributed by atoms with E-state index >= 15 is 0 Å². The Morgan fingerprint density at radius 2 is 1.91 bits per heavy atom. The molecule has 4 rings (SSSR count). The Kier molecular flexibility index (Phi) is 5.99. The Morgan fingerprint density at radius 3 is 2.69 bits per heavy atom. The van der Waals surface area contributed by atoms with Gasteiger partial charge in [-0.3, -0.25) is 10.1 Å². The van der Waals surface area contributed by atoms with Crippen LogP contribution in [0, 0.1) is 10.1 Å². The summed E-state index contributed by atoms with van der Waals surface area (Å²) in [5.74, 6) is 0.655. The summed E-state index contributed by atoms with van der Waals surface area (Å²) >= 11 is 6.24. The van der Waals surface area contributed by atoms with Gasteiger partial charge in [0.1, 0.15) is 6.61 Å². The summed E-state index contributed by atoms with van der Waals surface area (Å²) in [6.07, 6.45) is 0. The van der Waals surface area contributed by atoms with Crippen LogP contribution in [0.3, 0.4) is 0 Å². The van der Waals surface area contributed by atoms with E-state index in [1.54, 1.807) is 30.3 Å². The van der Waals surface area contributed by atoms with Gasteiger partial charge in [0.2, 0.25) is 15.9 Å². The maximum atomic E-state index is 12.4. The number of halogens is 1. The molecular weight excluding hydrogens is 460 g/mol. The molecule has 0 atom stereocenters. The van der Waals surface area contributed by atoms with Crippen molar-refractivity contribution in [2.24, 2.45) is 0 Å². The summed E-state index contributed by atoms with van der Waals surface area (Å²) in [4.78, 5) is 9.98. The second kappa shape index (κ2) is 8.86. The molecule has 0 bridgehead atoms. The van der Waals surface area contributed by atoms with Crippen LogP contribution in [0.4, 0.5) is 5.69 Å². The summed E-state index contributed by atoms with van der Waals surface area (Å²) in [6.45, 7) is -0.111. The van der Waals surface area contributed by atoms with Crippen LogP contribution in [-0.2, 0) is 10.0 Å². The van der Waals surface area contributed by atoms with E-state index < -0.39 is 14.9 Å². The van der Waals surface area contributed by atoms with Crippen LogP contribution >= 0.6 is 11.6 Å². The molecule has 0 saturated heterocycles. The second-order valence-corrected chi connectivity index (χ2v) is 8.62. The molecule has 0 unspecified atom stereocenters. The number of nitrogens with one attached hydrogen (secondary N) is 1. The minimum absolute atomic E-state index is 0.0315. The van der Waals surface area contributed by atoms with Crippen LogP contribution in [0.5, 0.6) is 5.88 Å². The highest BCUT2D eigenvalue weighted by atomic mass is 35.5. The molecule has 2 aromatic carbocycles. The van der Waals surface area contributed by atoms with Crippen LogP contribution in [0.2, 0.25) is 5.02 Å². The maximum absolute atomic E-state index is 12.4. The molecule has 2 heterocycles. The van der Waals surface area contributed by atoms with Gasteiger partial charge in [0.05, 0.1) is 14.8 Å². The van der Waals surface area contributed by atoms with Crippen LogP contribution in [-0.4, -0.2) is 46.3 Å². The first-order chi connectivity index (χ1) is 15.3. The number of benzene rings is 2. The standard InChI is InChI=1S/C19H15ClN6O5S/c20-16-7-2-1-6-15(16)19-23-22-17-8-9-18(24-25(17)19)31-11-10-21-32(29,30)14-5-3-4-13(12-14)26(27)28/h1-9,12,21H,10-11H2. The first-order valence-corrected chi connectivity index (χ1v) is 11.1. The fourth-order valence-electron chi connectivity index (χ4n) is 2.84. The Hall–Kier alpha value is -3.61. The molecule has 0 aliphatic rings.